The minimum absolute atomic E-state index is 0.748. The molecule has 19 heavy (non-hydrogen) atoms. The van der Waals surface area contributed by atoms with E-state index >= 15 is 0 Å². The van der Waals surface area contributed by atoms with Crippen LogP contribution in [0.1, 0.15) is 5.56 Å². The van der Waals surface area contributed by atoms with Gasteiger partial charge in [0.05, 0.1) is 17.4 Å². The topological polar surface area (TPSA) is 43.8 Å². The Hall–Kier alpha value is -2.55. The Kier molecular flexibility index (Phi) is 3.02. The number of fused-ring (bicyclic) bond motifs is 1. The Morgan fingerprint density at radius 2 is 1.95 bits per heavy atom. The maximum atomic E-state index is 5.75. The monoisotopic (exact) mass is 249 g/mol. The van der Waals surface area contributed by atoms with Gasteiger partial charge in [-0.05, 0) is 23.8 Å². The second-order valence-corrected chi connectivity index (χ2v) is 4.46. The second-order valence-electron chi connectivity index (χ2n) is 4.46. The quantitative estimate of drug-likeness (QED) is 0.723. The number of benzene rings is 2. The Labute approximate surface area is 112 Å². The number of imidazole rings is 1. The largest absolute Gasteiger partial charge is 0.399 e. The number of aromatic nitrogens is 2. The van der Waals surface area contributed by atoms with Crippen molar-refractivity contribution in [1.82, 2.24) is 9.55 Å². The highest BCUT2D eigenvalue weighted by Gasteiger charge is 2.00. The van der Waals surface area contributed by atoms with Crippen LogP contribution in [0.15, 0.2) is 60.9 Å². The van der Waals surface area contributed by atoms with Gasteiger partial charge in [0.25, 0.3) is 0 Å². The van der Waals surface area contributed by atoms with Gasteiger partial charge >= 0.3 is 0 Å². The molecule has 0 spiro atoms. The molecule has 3 rings (SSSR count). The van der Waals surface area contributed by atoms with Crippen LogP contribution in [0.5, 0.6) is 0 Å². The summed E-state index contributed by atoms with van der Waals surface area (Å²) in [6, 6.07) is 16.1. The Morgan fingerprint density at radius 1 is 1.11 bits per heavy atom. The van der Waals surface area contributed by atoms with Crippen LogP contribution in [-0.2, 0) is 6.54 Å². The number of hydrogen-bond donors (Lipinski definition) is 1. The molecule has 0 radical (unpaired) electrons. The highest BCUT2D eigenvalue weighted by molar-refractivity contribution is 5.79. The summed E-state index contributed by atoms with van der Waals surface area (Å²) in [7, 11) is 0. The zero-order chi connectivity index (χ0) is 13.1. The van der Waals surface area contributed by atoms with Gasteiger partial charge in [-0.25, -0.2) is 4.98 Å². The van der Waals surface area contributed by atoms with E-state index in [2.05, 4.69) is 33.8 Å². The molecule has 0 fully saturated rings. The summed E-state index contributed by atoms with van der Waals surface area (Å²) < 4.78 is 2.11. The fourth-order valence-corrected chi connectivity index (χ4v) is 2.09. The molecule has 1 aromatic heterocycles. The lowest BCUT2D eigenvalue weighted by molar-refractivity contribution is 0.852. The molecule has 1 heterocycles. The van der Waals surface area contributed by atoms with Crippen molar-refractivity contribution in [3.63, 3.8) is 0 Å². The summed E-state index contributed by atoms with van der Waals surface area (Å²) in [5.74, 6) is 0. The zero-order valence-electron chi connectivity index (χ0n) is 10.5. The zero-order valence-corrected chi connectivity index (χ0v) is 10.5. The number of nitrogens with zero attached hydrogens (tertiary/aromatic N) is 2. The molecule has 3 aromatic rings. The molecule has 0 aliphatic heterocycles. The standard InChI is InChI=1S/C16H15N3/c17-14-8-9-16-15(11-14)18-12-19(16)10-4-7-13-5-2-1-3-6-13/h1-9,11-12H,10,17H2/b7-4+. The molecule has 0 unspecified atom stereocenters. The average Bonchev–Trinajstić information content (AvgIpc) is 2.82. The fourth-order valence-electron chi connectivity index (χ4n) is 2.09. The number of nitrogens with two attached hydrogens (primary N) is 1. The van der Waals surface area contributed by atoms with E-state index in [9.17, 15) is 0 Å². The van der Waals surface area contributed by atoms with Crippen LogP contribution in [0.4, 0.5) is 5.69 Å². The van der Waals surface area contributed by atoms with E-state index in [1.54, 1.807) is 0 Å². The number of anilines is 1. The predicted octanol–water partition coefficient (Wildman–Crippen LogP) is 3.33. The first kappa shape index (κ1) is 11.5. The molecule has 3 heteroatoms. The molecular formula is C16H15N3. The van der Waals surface area contributed by atoms with Crippen LogP contribution in [0.3, 0.4) is 0 Å². The average molecular weight is 249 g/mol. The Bertz CT molecular complexity index is 711. The fraction of sp³-hybridized carbons (Fsp3) is 0.0625. The van der Waals surface area contributed by atoms with Crippen LogP contribution >= 0.6 is 0 Å². The van der Waals surface area contributed by atoms with Crippen LogP contribution in [0, 0.1) is 0 Å². The third kappa shape index (κ3) is 2.50. The van der Waals surface area contributed by atoms with Gasteiger partial charge in [-0.2, -0.15) is 0 Å². The molecule has 2 N–H and O–H groups in total. The van der Waals surface area contributed by atoms with Crippen LogP contribution < -0.4 is 5.73 Å². The Balaban J connectivity index is 1.81. The van der Waals surface area contributed by atoms with Gasteiger partial charge in [0.1, 0.15) is 0 Å². The minimum atomic E-state index is 0.748. The van der Waals surface area contributed by atoms with Gasteiger partial charge in [-0.3, -0.25) is 0 Å². The molecule has 94 valence electrons. The lowest BCUT2D eigenvalue weighted by Gasteiger charge is -2.00. The van der Waals surface area contributed by atoms with E-state index in [1.165, 1.54) is 5.56 Å². The van der Waals surface area contributed by atoms with Crippen molar-refractivity contribution in [2.75, 3.05) is 5.73 Å². The first-order chi connectivity index (χ1) is 9.33. The van der Waals surface area contributed by atoms with Crippen molar-refractivity contribution < 1.29 is 0 Å². The highest BCUT2D eigenvalue weighted by atomic mass is 15.0. The SMILES string of the molecule is Nc1ccc2c(c1)ncn2C/C=C/c1ccccc1. The number of hydrogen-bond acceptors (Lipinski definition) is 2. The molecular weight excluding hydrogens is 234 g/mol. The van der Waals surface area contributed by atoms with Gasteiger partial charge in [0.2, 0.25) is 0 Å². The van der Waals surface area contributed by atoms with Crippen molar-refractivity contribution in [3.8, 4) is 0 Å². The van der Waals surface area contributed by atoms with E-state index in [-0.39, 0.29) is 0 Å². The predicted molar refractivity (Wildman–Crippen MR) is 79.6 cm³/mol. The summed E-state index contributed by atoms with van der Waals surface area (Å²) in [6.45, 7) is 0.801. The molecule has 2 aromatic carbocycles. The van der Waals surface area contributed by atoms with Crippen molar-refractivity contribution >= 4 is 22.8 Å². The number of rotatable bonds is 3. The van der Waals surface area contributed by atoms with E-state index in [0.29, 0.717) is 0 Å². The van der Waals surface area contributed by atoms with E-state index in [4.69, 9.17) is 5.73 Å². The molecule has 0 saturated carbocycles. The number of allylic oxidation sites excluding steroid dienone is 1. The maximum absolute atomic E-state index is 5.75. The van der Waals surface area contributed by atoms with Gasteiger partial charge in [-0.1, -0.05) is 42.5 Å². The second kappa shape index (κ2) is 4.98. The molecule has 0 aliphatic carbocycles. The molecule has 3 nitrogen and oxygen atoms in total. The first-order valence-electron chi connectivity index (χ1n) is 6.25. The molecule has 0 bridgehead atoms. The minimum Gasteiger partial charge on any atom is -0.399 e. The number of nitrogen functional groups attached to an aromatic ring is 1. The molecule has 0 atom stereocenters. The highest BCUT2D eigenvalue weighted by Crippen LogP contribution is 2.16. The lowest BCUT2D eigenvalue weighted by Crippen LogP contribution is -1.92. The lowest BCUT2D eigenvalue weighted by atomic mass is 10.2. The van der Waals surface area contributed by atoms with Crippen molar-refractivity contribution in [3.05, 3.63) is 66.5 Å². The van der Waals surface area contributed by atoms with Crippen molar-refractivity contribution in [1.29, 1.82) is 0 Å². The maximum Gasteiger partial charge on any atom is 0.0961 e. The van der Waals surface area contributed by atoms with Crippen LogP contribution in [0.25, 0.3) is 17.1 Å². The smallest absolute Gasteiger partial charge is 0.0961 e. The first-order valence-corrected chi connectivity index (χ1v) is 6.25. The summed E-state index contributed by atoms with van der Waals surface area (Å²) in [5, 5.41) is 0. The summed E-state index contributed by atoms with van der Waals surface area (Å²) >= 11 is 0. The summed E-state index contributed by atoms with van der Waals surface area (Å²) in [5.41, 5.74) is 9.74. The molecule has 0 aliphatic rings. The summed E-state index contributed by atoms with van der Waals surface area (Å²) in [4.78, 5) is 4.35. The van der Waals surface area contributed by atoms with Gasteiger partial charge in [-0.15, -0.1) is 0 Å². The summed E-state index contributed by atoms with van der Waals surface area (Å²) in [6.07, 6.45) is 6.09. The third-order valence-electron chi connectivity index (χ3n) is 3.06. The van der Waals surface area contributed by atoms with E-state index < -0.39 is 0 Å². The van der Waals surface area contributed by atoms with Crippen LogP contribution in [0.2, 0.25) is 0 Å². The molecule has 0 amide bonds. The van der Waals surface area contributed by atoms with Crippen molar-refractivity contribution in [2.24, 2.45) is 0 Å². The van der Waals surface area contributed by atoms with Gasteiger partial charge in [0, 0.05) is 12.2 Å². The van der Waals surface area contributed by atoms with E-state index in [1.807, 2.05) is 42.7 Å². The van der Waals surface area contributed by atoms with Crippen LogP contribution in [-0.4, -0.2) is 9.55 Å². The third-order valence-corrected chi connectivity index (χ3v) is 3.06. The Morgan fingerprint density at radius 3 is 2.79 bits per heavy atom. The normalized spacial score (nSPS) is 11.4. The van der Waals surface area contributed by atoms with Gasteiger partial charge < -0.3 is 10.3 Å². The molecule has 0 saturated heterocycles. The van der Waals surface area contributed by atoms with E-state index in [0.717, 1.165) is 23.3 Å². The van der Waals surface area contributed by atoms with Gasteiger partial charge in [0.15, 0.2) is 0 Å². The van der Waals surface area contributed by atoms with Crippen molar-refractivity contribution in [2.45, 2.75) is 6.54 Å².